The average molecular weight is 191 g/mol. The molecule has 0 saturated carbocycles. The molecule has 0 amide bonds. The van der Waals surface area contributed by atoms with E-state index in [1.54, 1.807) is 7.11 Å². The van der Waals surface area contributed by atoms with Crippen LogP contribution in [0.1, 0.15) is 11.1 Å². The van der Waals surface area contributed by atoms with Crippen molar-refractivity contribution in [3.63, 3.8) is 0 Å². The molecule has 1 aliphatic rings. The molecule has 0 N–H and O–H groups in total. The van der Waals surface area contributed by atoms with Gasteiger partial charge >= 0.3 is 0 Å². The van der Waals surface area contributed by atoms with Crippen LogP contribution in [0, 0.1) is 6.92 Å². The first-order valence-corrected chi connectivity index (χ1v) is 4.59. The van der Waals surface area contributed by atoms with Crippen LogP contribution in [-0.2, 0) is 4.74 Å². The summed E-state index contributed by atoms with van der Waals surface area (Å²) in [6.07, 6.45) is 3.91. The van der Waals surface area contributed by atoms with E-state index in [2.05, 4.69) is 17.1 Å². The van der Waals surface area contributed by atoms with E-state index in [9.17, 15) is 0 Å². The third kappa shape index (κ3) is 1.63. The van der Waals surface area contributed by atoms with Gasteiger partial charge in [0.2, 0.25) is 5.88 Å². The molecule has 0 spiro atoms. The molecule has 0 fully saturated rings. The molecule has 1 aliphatic heterocycles. The van der Waals surface area contributed by atoms with Gasteiger partial charge in [-0.25, -0.2) is 4.98 Å². The smallest absolute Gasteiger partial charge is 0.215 e. The van der Waals surface area contributed by atoms with Gasteiger partial charge in [0.05, 0.1) is 20.3 Å². The summed E-state index contributed by atoms with van der Waals surface area (Å²) in [5.41, 5.74) is 3.39. The second-order valence-electron chi connectivity index (χ2n) is 3.29. The van der Waals surface area contributed by atoms with E-state index in [1.165, 1.54) is 5.57 Å². The van der Waals surface area contributed by atoms with Crippen LogP contribution in [0.2, 0.25) is 0 Å². The van der Waals surface area contributed by atoms with E-state index >= 15 is 0 Å². The Morgan fingerprint density at radius 3 is 2.93 bits per heavy atom. The van der Waals surface area contributed by atoms with E-state index in [4.69, 9.17) is 9.47 Å². The van der Waals surface area contributed by atoms with Crippen molar-refractivity contribution >= 4 is 5.57 Å². The van der Waals surface area contributed by atoms with Gasteiger partial charge in [0.1, 0.15) is 0 Å². The molecule has 74 valence electrons. The van der Waals surface area contributed by atoms with Gasteiger partial charge in [0.15, 0.2) is 0 Å². The number of ether oxygens (including phenoxy) is 2. The lowest BCUT2D eigenvalue weighted by Crippen LogP contribution is -1.94. The third-order valence-corrected chi connectivity index (χ3v) is 2.30. The predicted octanol–water partition coefficient (Wildman–Crippen LogP) is 1.81. The Balaban J connectivity index is 2.32. The van der Waals surface area contributed by atoms with E-state index < -0.39 is 0 Å². The maximum absolute atomic E-state index is 5.26. The molecule has 0 unspecified atom stereocenters. The van der Waals surface area contributed by atoms with Crippen molar-refractivity contribution in [2.75, 3.05) is 20.3 Å². The zero-order valence-electron chi connectivity index (χ0n) is 8.41. The molecule has 14 heavy (non-hydrogen) atoms. The maximum Gasteiger partial charge on any atom is 0.215 e. The Morgan fingerprint density at radius 2 is 2.36 bits per heavy atom. The molecule has 2 heterocycles. The first-order valence-electron chi connectivity index (χ1n) is 4.59. The summed E-state index contributed by atoms with van der Waals surface area (Å²) < 4.78 is 10.4. The average Bonchev–Trinajstić information content (AvgIpc) is 2.70. The Morgan fingerprint density at radius 1 is 1.50 bits per heavy atom. The second kappa shape index (κ2) is 3.80. The summed E-state index contributed by atoms with van der Waals surface area (Å²) in [6.45, 7) is 3.39. The molecule has 3 heteroatoms. The van der Waals surface area contributed by atoms with Crippen LogP contribution in [0.25, 0.3) is 5.57 Å². The Kier molecular flexibility index (Phi) is 2.50. The number of aryl methyl sites for hydroxylation is 1. The van der Waals surface area contributed by atoms with Gasteiger partial charge in [-0.05, 0) is 24.1 Å². The monoisotopic (exact) mass is 191 g/mol. The van der Waals surface area contributed by atoms with E-state index in [0.29, 0.717) is 19.1 Å². The number of aromatic nitrogens is 1. The molecule has 0 aromatic carbocycles. The minimum absolute atomic E-state index is 0.688. The number of hydrogen-bond acceptors (Lipinski definition) is 3. The van der Waals surface area contributed by atoms with Crippen LogP contribution in [0.15, 0.2) is 18.3 Å². The fraction of sp³-hybridized carbons (Fsp3) is 0.364. The lowest BCUT2D eigenvalue weighted by molar-refractivity contribution is 0.216. The van der Waals surface area contributed by atoms with Gasteiger partial charge in [-0.1, -0.05) is 6.08 Å². The van der Waals surface area contributed by atoms with Gasteiger partial charge in [-0.3, -0.25) is 0 Å². The van der Waals surface area contributed by atoms with Crippen LogP contribution in [0.5, 0.6) is 5.88 Å². The van der Waals surface area contributed by atoms with Crippen LogP contribution in [0.3, 0.4) is 0 Å². The van der Waals surface area contributed by atoms with Crippen LogP contribution in [0.4, 0.5) is 0 Å². The Labute approximate surface area is 83.4 Å². The fourth-order valence-electron chi connectivity index (χ4n) is 1.54. The molecule has 2 rings (SSSR count). The van der Waals surface area contributed by atoms with Crippen molar-refractivity contribution in [3.05, 3.63) is 29.5 Å². The predicted molar refractivity (Wildman–Crippen MR) is 54.3 cm³/mol. The molecular weight excluding hydrogens is 178 g/mol. The van der Waals surface area contributed by atoms with Crippen molar-refractivity contribution < 1.29 is 9.47 Å². The number of hydrogen-bond donors (Lipinski definition) is 0. The first kappa shape index (κ1) is 9.21. The summed E-state index contributed by atoms with van der Waals surface area (Å²) in [6, 6.07) is 2.08. The van der Waals surface area contributed by atoms with E-state index in [1.807, 2.05) is 13.1 Å². The topological polar surface area (TPSA) is 31.4 Å². The van der Waals surface area contributed by atoms with Gasteiger partial charge in [0.25, 0.3) is 0 Å². The summed E-state index contributed by atoms with van der Waals surface area (Å²) in [5, 5.41) is 0. The normalized spacial score (nSPS) is 15.4. The van der Waals surface area contributed by atoms with Gasteiger partial charge in [0, 0.05) is 11.8 Å². The molecule has 0 radical (unpaired) electrons. The summed E-state index contributed by atoms with van der Waals surface area (Å²) in [7, 11) is 1.63. The van der Waals surface area contributed by atoms with Crippen molar-refractivity contribution in [2.45, 2.75) is 6.92 Å². The number of methoxy groups -OCH3 is 1. The van der Waals surface area contributed by atoms with Crippen molar-refractivity contribution in [2.24, 2.45) is 0 Å². The highest BCUT2D eigenvalue weighted by Crippen LogP contribution is 2.22. The van der Waals surface area contributed by atoms with Gasteiger partial charge in [-0.15, -0.1) is 0 Å². The SMILES string of the molecule is COc1ncc(C2=CCOC2)cc1C. The third-order valence-electron chi connectivity index (χ3n) is 2.30. The molecule has 0 aliphatic carbocycles. The lowest BCUT2D eigenvalue weighted by atomic mass is 10.1. The van der Waals surface area contributed by atoms with Crippen molar-refractivity contribution in [3.8, 4) is 5.88 Å². The highest BCUT2D eigenvalue weighted by Gasteiger charge is 2.09. The maximum atomic E-state index is 5.26. The number of pyridine rings is 1. The minimum atomic E-state index is 0.688. The van der Waals surface area contributed by atoms with Gasteiger partial charge < -0.3 is 9.47 Å². The zero-order chi connectivity index (χ0) is 9.97. The second-order valence-corrected chi connectivity index (χ2v) is 3.29. The summed E-state index contributed by atoms with van der Waals surface area (Å²) in [4.78, 5) is 4.22. The Bertz CT molecular complexity index is 372. The van der Waals surface area contributed by atoms with Crippen LogP contribution >= 0.6 is 0 Å². The molecule has 0 atom stereocenters. The van der Waals surface area contributed by atoms with E-state index in [0.717, 1.165) is 11.1 Å². The Hall–Kier alpha value is -1.35. The summed E-state index contributed by atoms with van der Waals surface area (Å²) in [5.74, 6) is 0.688. The lowest BCUT2D eigenvalue weighted by Gasteiger charge is -2.06. The number of rotatable bonds is 2. The van der Waals surface area contributed by atoms with Gasteiger partial charge in [-0.2, -0.15) is 0 Å². The number of nitrogens with zero attached hydrogens (tertiary/aromatic N) is 1. The van der Waals surface area contributed by atoms with Crippen molar-refractivity contribution in [1.29, 1.82) is 0 Å². The zero-order valence-corrected chi connectivity index (χ0v) is 8.41. The summed E-state index contributed by atoms with van der Waals surface area (Å²) >= 11 is 0. The van der Waals surface area contributed by atoms with E-state index in [-0.39, 0.29) is 0 Å². The van der Waals surface area contributed by atoms with Crippen LogP contribution < -0.4 is 4.74 Å². The van der Waals surface area contributed by atoms with Crippen LogP contribution in [-0.4, -0.2) is 25.3 Å². The molecule has 3 nitrogen and oxygen atoms in total. The fourth-order valence-corrected chi connectivity index (χ4v) is 1.54. The highest BCUT2D eigenvalue weighted by molar-refractivity contribution is 5.67. The first-order chi connectivity index (χ1) is 6.81. The quantitative estimate of drug-likeness (QED) is 0.714. The van der Waals surface area contributed by atoms with Crippen molar-refractivity contribution in [1.82, 2.24) is 4.98 Å². The molecule has 0 bridgehead atoms. The molecule has 0 saturated heterocycles. The largest absolute Gasteiger partial charge is 0.481 e. The molecular formula is C11H13NO2. The minimum Gasteiger partial charge on any atom is -0.481 e. The molecule has 1 aromatic rings. The standard InChI is InChI=1S/C11H13NO2/c1-8-5-10(6-12-11(8)13-2)9-3-4-14-7-9/h3,5-6H,4,7H2,1-2H3. The highest BCUT2D eigenvalue weighted by atomic mass is 16.5. The molecule has 1 aromatic heterocycles.